The Bertz CT molecular complexity index is 1850. The summed E-state index contributed by atoms with van der Waals surface area (Å²) < 4.78 is 0. The standard InChI is InChI=1S/C34H25N/c1-22-28-9-3-5-11-30(28)34(31-12-6-4-10-29(22)31)27-17-15-24-20-26(16-14-25(24)21-27)33-19-18-23-8-2-7-13-32(23)35-33/h3-6,8-21H,2,7H2,1H3. The molecule has 1 nitrogen and oxygen atoms in total. The van der Waals surface area contributed by atoms with Crippen LogP contribution in [0, 0.1) is 6.92 Å². The van der Waals surface area contributed by atoms with Crippen LogP contribution in [0.25, 0.3) is 66.9 Å². The molecule has 0 saturated heterocycles. The minimum atomic E-state index is 1.04. The third kappa shape index (κ3) is 3.27. The number of benzene rings is 5. The van der Waals surface area contributed by atoms with Crippen LogP contribution in [0.5, 0.6) is 0 Å². The maximum absolute atomic E-state index is 4.95. The van der Waals surface area contributed by atoms with E-state index in [0.29, 0.717) is 0 Å². The molecule has 0 unspecified atom stereocenters. The smallest absolute Gasteiger partial charge is 0.0709 e. The van der Waals surface area contributed by atoms with Crippen molar-refractivity contribution in [1.29, 1.82) is 0 Å². The van der Waals surface area contributed by atoms with Crippen molar-refractivity contribution in [3.05, 3.63) is 113 Å². The van der Waals surface area contributed by atoms with Crippen LogP contribution in [0.3, 0.4) is 0 Å². The Morgan fingerprint density at radius 3 is 1.89 bits per heavy atom. The van der Waals surface area contributed by atoms with Crippen molar-refractivity contribution in [2.45, 2.75) is 19.8 Å². The number of pyridine rings is 1. The second-order valence-electron chi connectivity index (χ2n) is 9.52. The van der Waals surface area contributed by atoms with E-state index in [2.05, 4.69) is 116 Å². The first kappa shape index (κ1) is 20.2. The number of fused-ring (bicyclic) bond motifs is 4. The lowest BCUT2D eigenvalue weighted by Crippen LogP contribution is -2.29. The van der Waals surface area contributed by atoms with E-state index in [1.54, 1.807) is 0 Å². The van der Waals surface area contributed by atoms with Crippen molar-refractivity contribution in [2.75, 3.05) is 0 Å². The van der Waals surface area contributed by atoms with Crippen LogP contribution < -0.4 is 10.6 Å². The van der Waals surface area contributed by atoms with Gasteiger partial charge in [0.25, 0.3) is 0 Å². The van der Waals surface area contributed by atoms with Gasteiger partial charge in [0.1, 0.15) is 0 Å². The highest BCUT2D eigenvalue weighted by Gasteiger charge is 2.13. The molecule has 0 N–H and O–H groups in total. The van der Waals surface area contributed by atoms with E-state index in [0.717, 1.165) is 23.9 Å². The van der Waals surface area contributed by atoms with Crippen LogP contribution in [0.2, 0.25) is 0 Å². The van der Waals surface area contributed by atoms with E-state index >= 15 is 0 Å². The molecular weight excluding hydrogens is 422 g/mol. The molecule has 1 aromatic heterocycles. The van der Waals surface area contributed by atoms with Crippen molar-refractivity contribution in [2.24, 2.45) is 0 Å². The van der Waals surface area contributed by atoms with E-state index in [9.17, 15) is 0 Å². The number of hydrogen-bond acceptors (Lipinski definition) is 1. The van der Waals surface area contributed by atoms with Crippen LogP contribution in [-0.4, -0.2) is 4.98 Å². The minimum Gasteiger partial charge on any atom is -0.248 e. The van der Waals surface area contributed by atoms with E-state index in [-0.39, 0.29) is 0 Å². The third-order valence-electron chi connectivity index (χ3n) is 7.45. The van der Waals surface area contributed by atoms with Crippen LogP contribution in [0.1, 0.15) is 18.4 Å². The first-order valence-corrected chi connectivity index (χ1v) is 12.4. The summed E-state index contributed by atoms with van der Waals surface area (Å²) >= 11 is 0. The molecule has 0 fully saturated rings. The van der Waals surface area contributed by atoms with E-state index < -0.39 is 0 Å². The lowest BCUT2D eigenvalue weighted by Gasteiger charge is -2.16. The van der Waals surface area contributed by atoms with Gasteiger partial charge < -0.3 is 0 Å². The summed E-state index contributed by atoms with van der Waals surface area (Å²) in [4.78, 5) is 4.95. The highest BCUT2D eigenvalue weighted by atomic mass is 14.7. The van der Waals surface area contributed by atoms with Gasteiger partial charge in [0, 0.05) is 5.56 Å². The molecule has 0 bridgehead atoms. The fourth-order valence-corrected chi connectivity index (χ4v) is 5.66. The maximum atomic E-state index is 4.95. The Labute approximate surface area is 204 Å². The highest BCUT2D eigenvalue weighted by molar-refractivity contribution is 6.15. The lowest BCUT2D eigenvalue weighted by atomic mass is 9.88. The van der Waals surface area contributed by atoms with E-state index in [1.807, 2.05) is 0 Å². The number of hydrogen-bond donors (Lipinski definition) is 0. The second kappa shape index (κ2) is 7.92. The molecule has 0 saturated carbocycles. The summed E-state index contributed by atoms with van der Waals surface area (Å²) in [5.41, 5.74) is 6.12. The summed E-state index contributed by atoms with van der Waals surface area (Å²) in [6, 6.07) is 35.5. The van der Waals surface area contributed by atoms with Crippen molar-refractivity contribution >= 4 is 44.5 Å². The molecule has 1 aliphatic carbocycles. The third-order valence-corrected chi connectivity index (χ3v) is 7.45. The molecular formula is C34H25N. The molecule has 0 radical (unpaired) electrons. The van der Waals surface area contributed by atoms with Crippen molar-refractivity contribution in [1.82, 2.24) is 4.98 Å². The van der Waals surface area contributed by atoms with Crippen LogP contribution >= 0.6 is 0 Å². The van der Waals surface area contributed by atoms with Crippen LogP contribution in [0.15, 0.2) is 97.1 Å². The predicted octanol–water partition coefficient (Wildman–Crippen LogP) is 7.54. The largest absolute Gasteiger partial charge is 0.248 e. The van der Waals surface area contributed by atoms with E-state index in [1.165, 1.54) is 59.8 Å². The van der Waals surface area contributed by atoms with Gasteiger partial charge >= 0.3 is 0 Å². The van der Waals surface area contributed by atoms with Gasteiger partial charge in [-0.3, -0.25) is 0 Å². The number of aromatic nitrogens is 1. The zero-order chi connectivity index (χ0) is 23.4. The first-order chi connectivity index (χ1) is 17.3. The molecule has 1 heterocycles. The molecule has 35 heavy (non-hydrogen) atoms. The fourth-order valence-electron chi connectivity index (χ4n) is 5.66. The Balaban J connectivity index is 1.41. The number of aryl methyl sites for hydroxylation is 1. The molecule has 0 amide bonds. The predicted molar refractivity (Wildman–Crippen MR) is 150 cm³/mol. The SMILES string of the molecule is Cc1c2ccccc2c(-c2ccc3cc(-c4ccc5c(n4)=CCCC=5)ccc3c2)c2ccccc12. The van der Waals surface area contributed by atoms with Gasteiger partial charge in [0.15, 0.2) is 0 Å². The lowest BCUT2D eigenvalue weighted by molar-refractivity contribution is 1.08. The van der Waals surface area contributed by atoms with Crippen molar-refractivity contribution in [3.63, 3.8) is 0 Å². The summed E-state index contributed by atoms with van der Waals surface area (Å²) in [7, 11) is 0. The first-order valence-electron chi connectivity index (χ1n) is 12.4. The van der Waals surface area contributed by atoms with Crippen LogP contribution in [0.4, 0.5) is 0 Å². The number of nitrogens with zero attached hydrogens (tertiary/aromatic N) is 1. The second-order valence-corrected chi connectivity index (χ2v) is 9.52. The summed E-state index contributed by atoms with van der Waals surface area (Å²) in [5.74, 6) is 0. The van der Waals surface area contributed by atoms with Gasteiger partial charge in [0.2, 0.25) is 0 Å². The summed E-state index contributed by atoms with van der Waals surface area (Å²) in [6.45, 7) is 2.24. The quantitative estimate of drug-likeness (QED) is 0.250. The molecule has 6 aromatic rings. The zero-order valence-electron chi connectivity index (χ0n) is 19.8. The Kier molecular flexibility index (Phi) is 4.57. The van der Waals surface area contributed by atoms with Crippen molar-refractivity contribution in [3.8, 4) is 22.4 Å². The van der Waals surface area contributed by atoms with E-state index in [4.69, 9.17) is 4.98 Å². The molecule has 5 aromatic carbocycles. The molecule has 1 heteroatoms. The summed E-state index contributed by atoms with van der Waals surface area (Å²) in [6.07, 6.45) is 6.72. The van der Waals surface area contributed by atoms with Gasteiger partial charge in [0.05, 0.1) is 11.0 Å². The maximum Gasteiger partial charge on any atom is 0.0709 e. The Morgan fingerprint density at radius 2 is 1.17 bits per heavy atom. The summed E-state index contributed by atoms with van der Waals surface area (Å²) in [5, 5.41) is 10.1. The molecule has 166 valence electrons. The molecule has 0 atom stereocenters. The zero-order valence-corrected chi connectivity index (χ0v) is 19.8. The Hall–Kier alpha value is -4.23. The molecule has 1 aliphatic rings. The van der Waals surface area contributed by atoms with Gasteiger partial charge in [-0.05, 0) is 92.2 Å². The Morgan fingerprint density at radius 1 is 0.571 bits per heavy atom. The molecule has 0 aliphatic heterocycles. The fraction of sp³-hybridized carbons (Fsp3) is 0.0882. The molecule has 7 rings (SSSR count). The number of rotatable bonds is 2. The average Bonchev–Trinajstić information content (AvgIpc) is 2.93. The van der Waals surface area contributed by atoms with Gasteiger partial charge in [-0.1, -0.05) is 91.0 Å². The van der Waals surface area contributed by atoms with Crippen LogP contribution in [-0.2, 0) is 0 Å². The molecule has 0 spiro atoms. The highest BCUT2D eigenvalue weighted by Crippen LogP contribution is 2.40. The van der Waals surface area contributed by atoms with Gasteiger partial charge in [-0.25, -0.2) is 4.98 Å². The monoisotopic (exact) mass is 447 g/mol. The van der Waals surface area contributed by atoms with Gasteiger partial charge in [-0.2, -0.15) is 0 Å². The minimum absolute atomic E-state index is 1.04. The van der Waals surface area contributed by atoms with Gasteiger partial charge in [-0.15, -0.1) is 0 Å². The topological polar surface area (TPSA) is 12.9 Å². The van der Waals surface area contributed by atoms with Crippen molar-refractivity contribution < 1.29 is 0 Å². The average molecular weight is 448 g/mol. The normalized spacial score (nSPS) is 12.9.